The summed E-state index contributed by atoms with van der Waals surface area (Å²) < 4.78 is 11.4. The Hall–Kier alpha value is -0.190. The third-order valence-corrected chi connectivity index (χ3v) is 2.80. The highest BCUT2D eigenvalue weighted by Crippen LogP contribution is 2.26. The first-order chi connectivity index (χ1) is 6.76. The maximum Gasteiger partial charge on any atom is 0.121 e. The average Bonchev–Trinajstić information content (AvgIpc) is 2.17. The van der Waals surface area contributed by atoms with Gasteiger partial charge in [-0.25, -0.2) is 0 Å². The summed E-state index contributed by atoms with van der Waals surface area (Å²) >= 11 is 5.13. The van der Waals surface area contributed by atoms with Crippen molar-refractivity contribution in [2.75, 3.05) is 26.6 Å². The van der Waals surface area contributed by atoms with Crippen LogP contribution < -0.4 is 4.74 Å². The molecule has 1 aromatic rings. The van der Waals surface area contributed by atoms with E-state index in [9.17, 15) is 0 Å². The Morgan fingerprint density at radius 1 is 1.29 bits per heavy atom. The molecule has 0 aliphatic rings. The van der Waals surface area contributed by atoms with Crippen LogP contribution in [0.1, 0.15) is 0 Å². The molecule has 0 amide bonds. The highest BCUT2D eigenvalue weighted by molar-refractivity contribution is 9.10. The predicted molar refractivity (Wildman–Crippen MR) is 63.3 cm³/mol. The van der Waals surface area contributed by atoms with Crippen molar-refractivity contribution in [3.8, 4) is 5.75 Å². The summed E-state index contributed by atoms with van der Waals surface area (Å²) in [6, 6.07) is 6.04. The van der Waals surface area contributed by atoms with Crippen LogP contribution >= 0.6 is 27.7 Å². The van der Waals surface area contributed by atoms with Gasteiger partial charge in [-0.2, -0.15) is 0 Å². The van der Waals surface area contributed by atoms with Gasteiger partial charge in [0.25, 0.3) is 0 Å². The summed E-state index contributed by atoms with van der Waals surface area (Å²) in [5.41, 5.74) is 0. The van der Waals surface area contributed by atoms with Crippen molar-refractivity contribution in [2.24, 2.45) is 0 Å². The van der Waals surface area contributed by atoms with Crippen LogP contribution in [0.2, 0.25) is 0 Å². The van der Waals surface area contributed by atoms with Crippen LogP contribution in [-0.2, 0) is 4.74 Å². The molecule has 0 unspecified atom stereocenters. The highest BCUT2D eigenvalue weighted by Gasteiger charge is 1.99. The van der Waals surface area contributed by atoms with Crippen molar-refractivity contribution in [3.63, 3.8) is 0 Å². The monoisotopic (exact) mass is 276 g/mol. The molecule has 0 fully saturated rings. The van der Waals surface area contributed by atoms with Gasteiger partial charge in [0.1, 0.15) is 12.4 Å². The lowest BCUT2D eigenvalue weighted by Gasteiger charge is -2.07. The Kier molecular flexibility index (Phi) is 5.37. The Labute approximate surface area is 97.1 Å². The summed E-state index contributed by atoms with van der Waals surface area (Å²) in [4.78, 5) is 1.19. The largest absolute Gasteiger partial charge is 0.491 e. The zero-order chi connectivity index (χ0) is 10.4. The Balaban J connectivity index is 2.62. The first kappa shape index (κ1) is 11.9. The fourth-order valence-corrected chi connectivity index (χ4v) is 2.08. The van der Waals surface area contributed by atoms with E-state index in [4.69, 9.17) is 9.47 Å². The number of hydrogen-bond acceptors (Lipinski definition) is 3. The van der Waals surface area contributed by atoms with E-state index >= 15 is 0 Å². The summed E-state index contributed by atoms with van der Waals surface area (Å²) in [7, 11) is 1.66. The van der Waals surface area contributed by atoms with Gasteiger partial charge in [-0.15, -0.1) is 11.8 Å². The molecule has 4 heteroatoms. The van der Waals surface area contributed by atoms with E-state index in [0.717, 1.165) is 10.2 Å². The Morgan fingerprint density at radius 2 is 2.07 bits per heavy atom. The zero-order valence-corrected chi connectivity index (χ0v) is 10.7. The quantitative estimate of drug-likeness (QED) is 0.608. The molecule has 1 rings (SSSR count). The minimum Gasteiger partial charge on any atom is -0.491 e. The summed E-state index contributed by atoms with van der Waals surface area (Å²) in [5.74, 6) is 0.876. The number of ether oxygens (including phenoxy) is 2. The molecule has 0 saturated heterocycles. The van der Waals surface area contributed by atoms with E-state index < -0.39 is 0 Å². The van der Waals surface area contributed by atoms with Crippen molar-refractivity contribution < 1.29 is 9.47 Å². The highest BCUT2D eigenvalue weighted by atomic mass is 79.9. The molecule has 1 aromatic carbocycles. The van der Waals surface area contributed by atoms with Crippen LogP contribution in [0.25, 0.3) is 0 Å². The number of benzene rings is 1. The summed E-state index contributed by atoms with van der Waals surface area (Å²) in [5, 5.41) is 0. The first-order valence-corrected chi connectivity index (χ1v) is 6.24. The minimum absolute atomic E-state index is 0.584. The van der Waals surface area contributed by atoms with Crippen LogP contribution in [0.3, 0.4) is 0 Å². The van der Waals surface area contributed by atoms with Gasteiger partial charge in [-0.1, -0.05) is 15.9 Å². The SMILES string of the molecule is COCCOc1cc(Br)cc(SC)c1. The maximum atomic E-state index is 5.50. The molecule has 0 aliphatic carbocycles. The molecule has 0 radical (unpaired) electrons. The van der Waals surface area contributed by atoms with Gasteiger partial charge in [0.15, 0.2) is 0 Å². The molecule has 14 heavy (non-hydrogen) atoms. The third kappa shape index (κ3) is 3.90. The molecule has 0 aromatic heterocycles. The summed E-state index contributed by atoms with van der Waals surface area (Å²) in [6.07, 6.45) is 2.04. The van der Waals surface area contributed by atoms with Crippen LogP contribution in [0, 0.1) is 0 Å². The Morgan fingerprint density at radius 3 is 2.71 bits per heavy atom. The van der Waals surface area contributed by atoms with Crippen molar-refractivity contribution in [1.82, 2.24) is 0 Å². The molecule has 0 bridgehead atoms. The summed E-state index contributed by atoms with van der Waals surface area (Å²) in [6.45, 7) is 1.20. The van der Waals surface area contributed by atoms with E-state index in [0.29, 0.717) is 13.2 Å². The molecule has 2 nitrogen and oxygen atoms in total. The van der Waals surface area contributed by atoms with Crippen LogP contribution in [0.15, 0.2) is 27.6 Å². The lowest BCUT2D eigenvalue weighted by molar-refractivity contribution is 0.146. The van der Waals surface area contributed by atoms with E-state index in [-0.39, 0.29) is 0 Å². The number of rotatable bonds is 5. The lowest BCUT2D eigenvalue weighted by Crippen LogP contribution is -2.04. The van der Waals surface area contributed by atoms with Gasteiger partial charge in [0, 0.05) is 16.5 Å². The Bertz CT molecular complexity index is 291. The van der Waals surface area contributed by atoms with Crippen LogP contribution in [0.4, 0.5) is 0 Å². The second kappa shape index (κ2) is 6.32. The molecule has 0 heterocycles. The number of thioether (sulfide) groups is 1. The van der Waals surface area contributed by atoms with Gasteiger partial charge in [-0.3, -0.25) is 0 Å². The van der Waals surface area contributed by atoms with Gasteiger partial charge in [-0.05, 0) is 24.5 Å². The average molecular weight is 277 g/mol. The van der Waals surface area contributed by atoms with Crippen molar-refractivity contribution in [2.45, 2.75) is 4.90 Å². The molecular formula is C10H13BrO2S. The zero-order valence-electron chi connectivity index (χ0n) is 8.25. The van der Waals surface area contributed by atoms with E-state index in [1.165, 1.54) is 4.90 Å². The van der Waals surface area contributed by atoms with E-state index in [1.807, 2.05) is 18.4 Å². The number of methoxy groups -OCH3 is 1. The normalized spacial score (nSPS) is 10.2. The molecular weight excluding hydrogens is 264 g/mol. The third-order valence-electron chi connectivity index (χ3n) is 1.64. The van der Waals surface area contributed by atoms with Gasteiger partial charge >= 0.3 is 0 Å². The lowest BCUT2D eigenvalue weighted by atomic mass is 10.3. The fourth-order valence-electron chi connectivity index (χ4n) is 0.981. The smallest absolute Gasteiger partial charge is 0.121 e. The van der Waals surface area contributed by atoms with Crippen molar-refractivity contribution >= 4 is 27.7 Å². The second-order valence-electron chi connectivity index (χ2n) is 2.67. The van der Waals surface area contributed by atoms with Crippen molar-refractivity contribution in [1.29, 1.82) is 0 Å². The molecule has 78 valence electrons. The fraction of sp³-hybridized carbons (Fsp3) is 0.400. The second-order valence-corrected chi connectivity index (χ2v) is 4.46. The van der Waals surface area contributed by atoms with Crippen LogP contribution in [0.5, 0.6) is 5.75 Å². The number of hydrogen-bond donors (Lipinski definition) is 0. The number of halogens is 1. The molecule has 0 N–H and O–H groups in total. The molecule has 0 saturated carbocycles. The van der Waals surface area contributed by atoms with E-state index in [2.05, 4.69) is 22.0 Å². The molecule has 0 spiro atoms. The van der Waals surface area contributed by atoms with E-state index in [1.54, 1.807) is 18.9 Å². The topological polar surface area (TPSA) is 18.5 Å². The predicted octanol–water partition coefficient (Wildman–Crippen LogP) is 3.20. The minimum atomic E-state index is 0.584. The van der Waals surface area contributed by atoms with Gasteiger partial charge in [0.2, 0.25) is 0 Å². The van der Waals surface area contributed by atoms with Crippen LogP contribution in [-0.4, -0.2) is 26.6 Å². The first-order valence-electron chi connectivity index (χ1n) is 4.22. The van der Waals surface area contributed by atoms with Crippen molar-refractivity contribution in [3.05, 3.63) is 22.7 Å². The standard InChI is InChI=1S/C10H13BrO2S/c1-12-3-4-13-9-5-8(11)6-10(7-9)14-2/h5-7H,3-4H2,1-2H3. The molecule has 0 atom stereocenters. The maximum absolute atomic E-state index is 5.50. The molecule has 0 aliphatic heterocycles. The van der Waals surface area contributed by atoms with Gasteiger partial charge in [0.05, 0.1) is 6.61 Å². The van der Waals surface area contributed by atoms with Gasteiger partial charge < -0.3 is 9.47 Å².